The molecule has 3 heterocycles. The average Bonchev–Trinajstić information content (AvgIpc) is 2.69. The lowest BCUT2D eigenvalue weighted by atomic mass is 9.91. The van der Waals surface area contributed by atoms with Gasteiger partial charge >= 0.3 is 0 Å². The summed E-state index contributed by atoms with van der Waals surface area (Å²) < 4.78 is 8.92. The molecule has 4 heteroatoms. The van der Waals surface area contributed by atoms with Crippen LogP contribution in [-0.2, 0) is 5.88 Å². The number of benzene rings is 3. The number of alkyl halides is 1. The Labute approximate surface area is 181 Å². The van der Waals surface area contributed by atoms with Gasteiger partial charge in [0.15, 0.2) is 0 Å². The van der Waals surface area contributed by atoms with E-state index < -0.39 is 0 Å². The molecule has 30 heavy (non-hydrogen) atoms. The fraction of sp³-hybridized carbons (Fsp3) is 0.269. The normalized spacial score (nSPS) is 16.0. The highest BCUT2D eigenvalue weighted by Gasteiger charge is 2.23. The Morgan fingerprint density at radius 1 is 0.900 bits per heavy atom. The third kappa shape index (κ3) is 2.84. The molecule has 3 aliphatic heterocycles. The van der Waals surface area contributed by atoms with Crippen molar-refractivity contribution >= 4 is 28.3 Å². The van der Waals surface area contributed by atoms with Crippen LogP contribution in [0.25, 0.3) is 33.4 Å². The Bertz CT molecular complexity index is 1300. The van der Waals surface area contributed by atoms with Crippen molar-refractivity contribution in [3.63, 3.8) is 0 Å². The second-order valence-electron chi connectivity index (χ2n) is 8.31. The first-order valence-electron chi connectivity index (χ1n) is 10.8. The summed E-state index contributed by atoms with van der Waals surface area (Å²) in [4.78, 5) is 2.40. The predicted molar refractivity (Wildman–Crippen MR) is 124 cm³/mol. The van der Waals surface area contributed by atoms with E-state index in [1.165, 1.54) is 35.0 Å². The van der Waals surface area contributed by atoms with E-state index in [9.17, 15) is 0 Å². The molecule has 2 aromatic rings. The molecule has 0 atom stereocenters. The molecule has 0 spiro atoms. The van der Waals surface area contributed by atoms with E-state index in [4.69, 9.17) is 16.0 Å². The Kier molecular flexibility index (Phi) is 4.31. The average molecular weight is 416 g/mol. The van der Waals surface area contributed by atoms with E-state index in [0.717, 1.165) is 54.0 Å². The Hall–Kier alpha value is -2.78. The zero-order valence-electron chi connectivity index (χ0n) is 16.9. The van der Waals surface area contributed by atoms with Crippen molar-refractivity contribution in [2.24, 2.45) is 0 Å². The maximum atomic E-state index is 6.51. The van der Waals surface area contributed by atoms with E-state index in [1.807, 2.05) is 0 Å². The van der Waals surface area contributed by atoms with Crippen molar-refractivity contribution in [3.8, 4) is 22.5 Å². The molecule has 4 aliphatic rings. The van der Waals surface area contributed by atoms with Gasteiger partial charge in [-0.3, -0.25) is 0 Å². The van der Waals surface area contributed by atoms with Gasteiger partial charge in [0, 0.05) is 53.3 Å². The molecule has 2 fully saturated rings. The molecule has 2 saturated heterocycles. The number of hydrogen-bond donors (Lipinski definition) is 0. The van der Waals surface area contributed by atoms with Crippen LogP contribution in [0.5, 0.6) is 0 Å². The van der Waals surface area contributed by atoms with Crippen LogP contribution >= 0.6 is 11.6 Å². The Balaban J connectivity index is 1.68. The molecule has 6 rings (SSSR count). The van der Waals surface area contributed by atoms with Gasteiger partial charge in [-0.05, 0) is 35.7 Å². The van der Waals surface area contributed by atoms with Gasteiger partial charge in [0.2, 0.25) is 5.36 Å². The molecular weight excluding hydrogens is 392 g/mol. The lowest BCUT2D eigenvalue weighted by Gasteiger charge is -2.33. The molecule has 2 aromatic carbocycles. The molecule has 0 bridgehead atoms. The van der Waals surface area contributed by atoms with E-state index >= 15 is 0 Å². The maximum absolute atomic E-state index is 6.51. The third-order valence-electron chi connectivity index (χ3n) is 6.56. The molecule has 0 unspecified atom stereocenters. The number of anilines is 1. The summed E-state index contributed by atoms with van der Waals surface area (Å²) in [5.74, 6) is 1.43. The SMILES string of the molecule is ClCc1ccccc1-c1c2ccc(=[N+]3CCC3)cc-2oc2cc(N3CCC3)ccc12. The molecule has 150 valence electrons. The fourth-order valence-electron chi connectivity index (χ4n) is 4.58. The van der Waals surface area contributed by atoms with Crippen molar-refractivity contribution in [2.45, 2.75) is 18.7 Å². The number of rotatable bonds is 3. The fourth-order valence-corrected chi connectivity index (χ4v) is 4.81. The van der Waals surface area contributed by atoms with Crippen molar-refractivity contribution in [2.75, 3.05) is 31.1 Å². The maximum Gasteiger partial charge on any atom is 0.203 e. The molecule has 0 aromatic heterocycles. The van der Waals surface area contributed by atoms with Gasteiger partial charge in [-0.1, -0.05) is 24.3 Å². The zero-order valence-corrected chi connectivity index (χ0v) is 17.7. The molecule has 0 N–H and O–H groups in total. The summed E-state index contributed by atoms with van der Waals surface area (Å²) in [7, 11) is 0. The summed E-state index contributed by atoms with van der Waals surface area (Å²) in [6.45, 7) is 4.50. The predicted octanol–water partition coefficient (Wildman–Crippen LogP) is 5.33. The van der Waals surface area contributed by atoms with Crippen LogP contribution in [0, 0.1) is 0 Å². The third-order valence-corrected chi connectivity index (χ3v) is 6.85. The molecule has 0 amide bonds. The van der Waals surface area contributed by atoms with Crippen LogP contribution < -0.4 is 14.8 Å². The van der Waals surface area contributed by atoms with Gasteiger partial charge in [-0.25, -0.2) is 4.58 Å². The topological polar surface area (TPSA) is 19.4 Å². The van der Waals surface area contributed by atoms with E-state index in [2.05, 4.69) is 70.1 Å². The van der Waals surface area contributed by atoms with Crippen molar-refractivity contribution in [3.05, 3.63) is 71.6 Å². The quantitative estimate of drug-likeness (QED) is 0.256. The minimum Gasteiger partial charge on any atom is -0.456 e. The highest BCUT2D eigenvalue weighted by molar-refractivity contribution is 6.18. The molecule has 3 nitrogen and oxygen atoms in total. The second-order valence-corrected chi connectivity index (χ2v) is 8.58. The molecule has 0 saturated carbocycles. The van der Waals surface area contributed by atoms with Crippen molar-refractivity contribution in [1.29, 1.82) is 0 Å². The summed E-state index contributed by atoms with van der Waals surface area (Å²) >= 11 is 6.33. The molecule has 1 aliphatic carbocycles. The van der Waals surface area contributed by atoms with E-state index in [0.29, 0.717) is 5.88 Å². The van der Waals surface area contributed by atoms with Gasteiger partial charge in [0.1, 0.15) is 24.4 Å². The van der Waals surface area contributed by atoms with Gasteiger partial charge in [0.25, 0.3) is 0 Å². The van der Waals surface area contributed by atoms with Crippen LogP contribution in [-0.4, -0.2) is 26.2 Å². The smallest absolute Gasteiger partial charge is 0.203 e. The molecule has 0 radical (unpaired) electrons. The number of halogens is 1. The van der Waals surface area contributed by atoms with Crippen molar-refractivity contribution < 1.29 is 4.42 Å². The van der Waals surface area contributed by atoms with Crippen molar-refractivity contribution in [1.82, 2.24) is 4.58 Å². The first-order chi connectivity index (χ1) is 14.8. The van der Waals surface area contributed by atoms with Crippen LogP contribution in [0.3, 0.4) is 0 Å². The summed E-state index contributed by atoms with van der Waals surface area (Å²) in [6.07, 6.45) is 2.53. The number of fused-ring (bicyclic) bond motifs is 2. The van der Waals surface area contributed by atoms with Gasteiger partial charge in [0.05, 0.1) is 12.5 Å². The van der Waals surface area contributed by atoms with Gasteiger partial charge in [-0.15, -0.1) is 11.6 Å². The Morgan fingerprint density at radius 2 is 1.77 bits per heavy atom. The van der Waals surface area contributed by atoms with Gasteiger partial charge < -0.3 is 9.32 Å². The highest BCUT2D eigenvalue weighted by Crippen LogP contribution is 2.42. The largest absolute Gasteiger partial charge is 0.456 e. The first-order valence-corrected chi connectivity index (χ1v) is 11.3. The summed E-state index contributed by atoms with van der Waals surface area (Å²) in [6, 6.07) is 21.7. The minimum atomic E-state index is 0.489. The second kappa shape index (κ2) is 7.17. The lowest BCUT2D eigenvalue weighted by molar-refractivity contribution is 0.432. The zero-order chi connectivity index (χ0) is 20.1. The molecular formula is C26H24ClN2O+. The standard InChI is InChI=1S/C26H24ClN2O/c27-17-18-5-1-2-6-21(18)26-22-9-7-19(28-11-3-12-28)15-24(22)30-25-16-20(8-10-23(25)26)29-13-4-14-29/h1-2,5-10,15-16H,3-4,11-14,17H2/q+1. The van der Waals surface area contributed by atoms with Gasteiger partial charge in [-0.2, -0.15) is 0 Å². The Morgan fingerprint density at radius 3 is 2.50 bits per heavy atom. The summed E-state index contributed by atoms with van der Waals surface area (Å²) in [5.41, 5.74) is 6.87. The highest BCUT2D eigenvalue weighted by atomic mass is 35.5. The van der Waals surface area contributed by atoms with Crippen LogP contribution in [0.15, 0.2) is 65.1 Å². The van der Waals surface area contributed by atoms with E-state index in [-0.39, 0.29) is 0 Å². The summed E-state index contributed by atoms with van der Waals surface area (Å²) in [5, 5.41) is 2.38. The van der Waals surface area contributed by atoms with Crippen LogP contribution in [0.1, 0.15) is 18.4 Å². The number of hydrogen-bond acceptors (Lipinski definition) is 2. The van der Waals surface area contributed by atoms with Crippen LogP contribution in [0.2, 0.25) is 0 Å². The minimum absolute atomic E-state index is 0.489. The monoisotopic (exact) mass is 415 g/mol. The first kappa shape index (κ1) is 18.0. The van der Waals surface area contributed by atoms with E-state index in [1.54, 1.807) is 0 Å². The number of nitrogens with zero attached hydrogens (tertiary/aromatic N) is 2. The lowest BCUT2D eigenvalue weighted by Crippen LogP contribution is -2.40. The van der Waals surface area contributed by atoms with Crippen LogP contribution in [0.4, 0.5) is 5.69 Å².